The van der Waals surface area contributed by atoms with E-state index in [4.69, 9.17) is 0 Å². The Morgan fingerprint density at radius 2 is 2.50 bits per heavy atom. The van der Waals surface area contributed by atoms with Crippen LogP contribution in [0.2, 0.25) is 0 Å². The summed E-state index contributed by atoms with van der Waals surface area (Å²) in [5.74, 6) is 0. The van der Waals surface area contributed by atoms with E-state index in [0.717, 1.165) is 5.49 Å². The molecule has 0 radical (unpaired) electrons. The normalized spacial score (nSPS) is 35.6. The average Bonchev–Trinajstić information content (AvgIpc) is 2.17. The highest BCUT2D eigenvalue weighted by molar-refractivity contribution is 7.78. The first-order chi connectivity index (χ1) is 3.77. The Balaban J connectivity index is 2.67. The summed E-state index contributed by atoms with van der Waals surface area (Å²) in [5.41, 5.74) is 1.07. The van der Waals surface area contributed by atoms with Crippen LogP contribution in [0.5, 0.6) is 0 Å². The summed E-state index contributed by atoms with van der Waals surface area (Å²) < 4.78 is -0.782. The van der Waals surface area contributed by atoms with Crippen molar-refractivity contribution in [3.8, 4) is 0 Å². The van der Waals surface area contributed by atoms with Gasteiger partial charge in [-0.25, -0.2) is 0 Å². The third-order valence-corrected chi connectivity index (χ3v) is 1.23. The lowest BCUT2D eigenvalue weighted by molar-refractivity contribution is -0.780. The first-order valence-electron chi connectivity index (χ1n) is 2.21. The van der Waals surface area contributed by atoms with E-state index in [1.54, 1.807) is 0 Å². The van der Waals surface area contributed by atoms with Gasteiger partial charge < -0.3 is 5.21 Å². The SMILES string of the molecule is [O-][N+]1(C=S)CCN=N1. The zero-order valence-electron chi connectivity index (χ0n) is 4.15. The summed E-state index contributed by atoms with van der Waals surface area (Å²) in [6.45, 7) is 0.861. The number of hydrogen-bond acceptors (Lipinski definition) is 4. The van der Waals surface area contributed by atoms with Crippen molar-refractivity contribution < 1.29 is 4.76 Å². The van der Waals surface area contributed by atoms with E-state index in [0.29, 0.717) is 13.1 Å². The second-order valence-corrected chi connectivity index (χ2v) is 1.75. The van der Waals surface area contributed by atoms with Crippen LogP contribution in [0.4, 0.5) is 0 Å². The Bertz CT molecular complexity index is 136. The molecule has 1 atom stereocenters. The topological polar surface area (TPSA) is 47.8 Å². The van der Waals surface area contributed by atoms with Crippen LogP contribution in [0.25, 0.3) is 0 Å². The Morgan fingerprint density at radius 1 is 1.75 bits per heavy atom. The van der Waals surface area contributed by atoms with Crippen molar-refractivity contribution in [3.05, 3.63) is 5.21 Å². The molecule has 0 aliphatic carbocycles. The zero-order valence-corrected chi connectivity index (χ0v) is 4.97. The van der Waals surface area contributed by atoms with Gasteiger partial charge in [-0.1, -0.05) is 0 Å². The van der Waals surface area contributed by atoms with Gasteiger partial charge in [-0.3, -0.25) is 0 Å². The number of hydroxylamine groups is 2. The van der Waals surface area contributed by atoms with E-state index in [1.165, 1.54) is 0 Å². The van der Waals surface area contributed by atoms with E-state index in [1.807, 2.05) is 0 Å². The van der Waals surface area contributed by atoms with Gasteiger partial charge in [0, 0.05) is 5.22 Å². The van der Waals surface area contributed by atoms with Crippen LogP contribution in [-0.2, 0) is 0 Å². The summed E-state index contributed by atoms with van der Waals surface area (Å²) in [5, 5.41) is 17.6. The highest BCUT2D eigenvalue weighted by Gasteiger charge is 2.17. The van der Waals surface area contributed by atoms with Crippen LogP contribution < -0.4 is 0 Å². The van der Waals surface area contributed by atoms with Crippen molar-refractivity contribution in [2.75, 3.05) is 13.1 Å². The summed E-state index contributed by atoms with van der Waals surface area (Å²) in [6.07, 6.45) is 0. The fourth-order valence-electron chi connectivity index (χ4n) is 0.458. The molecule has 0 aromatic rings. The molecule has 5 heteroatoms. The van der Waals surface area contributed by atoms with Gasteiger partial charge in [0.15, 0.2) is 5.49 Å². The summed E-state index contributed by atoms with van der Waals surface area (Å²) in [6, 6.07) is 0. The lowest BCUT2D eigenvalue weighted by atomic mass is 10.6. The van der Waals surface area contributed by atoms with Crippen molar-refractivity contribution in [2.45, 2.75) is 0 Å². The maximum absolute atomic E-state index is 10.8. The molecule has 0 amide bonds. The average molecular weight is 131 g/mol. The predicted molar refractivity (Wildman–Crippen MR) is 31.9 cm³/mol. The molecule has 1 aliphatic heterocycles. The quantitative estimate of drug-likeness (QED) is 0.298. The van der Waals surface area contributed by atoms with Gasteiger partial charge in [-0.2, -0.15) is 4.76 Å². The molecule has 0 spiro atoms. The van der Waals surface area contributed by atoms with Crippen molar-refractivity contribution in [1.29, 1.82) is 0 Å². The Hall–Kier alpha value is -0.390. The van der Waals surface area contributed by atoms with Gasteiger partial charge in [-0.15, -0.1) is 5.11 Å². The van der Waals surface area contributed by atoms with Crippen molar-refractivity contribution in [3.63, 3.8) is 0 Å². The fourth-order valence-corrected chi connectivity index (χ4v) is 0.606. The number of hydrogen-bond donors (Lipinski definition) is 0. The van der Waals surface area contributed by atoms with Crippen LogP contribution in [0.3, 0.4) is 0 Å². The molecule has 1 unspecified atom stereocenters. The second-order valence-electron chi connectivity index (χ2n) is 1.54. The molecule has 4 nitrogen and oxygen atoms in total. The zero-order chi connectivity index (χ0) is 6.04. The summed E-state index contributed by atoms with van der Waals surface area (Å²) >= 11 is 4.41. The molecule has 0 aromatic heterocycles. The summed E-state index contributed by atoms with van der Waals surface area (Å²) in [4.78, 5) is 0. The molecule has 0 N–H and O–H groups in total. The lowest BCUT2D eigenvalue weighted by Crippen LogP contribution is -2.31. The molecule has 1 heterocycles. The van der Waals surface area contributed by atoms with Crippen LogP contribution >= 0.6 is 12.2 Å². The maximum Gasteiger partial charge on any atom is 0.189 e. The molecule has 0 bridgehead atoms. The van der Waals surface area contributed by atoms with Gasteiger partial charge >= 0.3 is 0 Å². The third-order valence-electron chi connectivity index (χ3n) is 0.900. The van der Waals surface area contributed by atoms with Crippen LogP contribution in [0.15, 0.2) is 10.3 Å². The van der Waals surface area contributed by atoms with E-state index in [-0.39, 0.29) is 0 Å². The molecule has 0 saturated heterocycles. The van der Waals surface area contributed by atoms with Gasteiger partial charge in [0.2, 0.25) is 0 Å². The molecule has 0 saturated carbocycles. The molecular formula is C3H5N3OS. The predicted octanol–water partition coefficient (Wildman–Crippen LogP) is 0.639. The molecule has 8 heavy (non-hydrogen) atoms. The monoisotopic (exact) mass is 131 g/mol. The molecule has 44 valence electrons. The summed E-state index contributed by atoms with van der Waals surface area (Å²) in [7, 11) is 0. The first-order valence-corrected chi connectivity index (χ1v) is 2.68. The molecule has 1 aliphatic rings. The number of quaternary nitrogens is 1. The number of thiocarbonyl (C=S) groups is 1. The van der Waals surface area contributed by atoms with E-state index in [9.17, 15) is 5.21 Å². The minimum absolute atomic E-state index is 0.365. The minimum atomic E-state index is -0.782. The lowest BCUT2D eigenvalue weighted by Gasteiger charge is -2.22. The fraction of sp³-hybridized carbons (Fsp3) is 0.667. The second kappa shape index (κ2) is 1.85. The van der Waals surface area contributed by atoms with Crippen molar-refractivity contribution in [1.82, 2.24) is 0 Å². The van der Waals surface area contributed by atoms with Crippen LogP contribution in [0.1, 0.15) is 0 Å². The van der Waals surface area contributed by atoms with Crippen LogP contribution in [-0.4, -0.2) is 23.3 Å². The first kappa shape index (κ1) is 5.74. The Labute approximate surface area is 52.0 Å². The standard InChI is InChI=1S/C3H5N3OS/c7-6(3-8)2-1-4-5-6/h3H,1-2H2. The van der Waals surface area contributed by atoms with Crippen molar-refractivity contribution >= 4 is 17.7 Å². The van der Waals surface area contributed by atoms with Gasteiger partial charge in [0.25, 0.3) is 0 Å². The third kappa shape index (κ3) is 0.885. The highest BCUT2D eigenvalue weighted by Crippen LogP contribution is 2.08. The van der Waals surface area contributed by atoms with E-state index >= 15 is 0 Å². The Morgan fingerprint density at radius 3 is 2.75 bits per heavy atom. The Kier molecular flexibility index (Phi) is 1.33. The number of nitrogens with zero attached hydrogens (tertiary/aromatic N) is 3. The van der Waals surface area contributed by atoms with Gasteiger partial charge in [-0.05, 0) is 12.2 Å². The van der Waals surface area contributed by atoms with Gasteiger partial charge in [0.1, 0.15) is 13.1 Å². The highest BCUT2D eigenvalue weighted by atomic mass is 32.1. The molecule has 1 rings (SSSR count). The molecule has 0 fully saturated rings. The largest absolute Gasteiger partial charge is 0.598 e. The minimum Gasteiger partial charge on any atom is -0.598 e. The van der Waals surface area contributed by atoms with Crippen molar-refractivity contribution in [2.24, 2.45) is 10.3 Å². The van der Waals surface area contributed by atoms with Gasteiger partial charge in [0.05, 0.1) is 0 Å². The van der Waals surface area contributed by atoms with E-state index in [2.05, 4.69) is 22.6 Å². The number of rotatable bonds is 1. The molecule has 0 aromatic carbocycles. The molecular weight excluding hydrogens is 126 g/mol. The smallest absolute Gasteiger partial charge is 0.189 e. The maximum atomic E-state index is 10.8. The van der Waals surface area contributed by atoms with E-state index < -0.39 is 4.76 Å². The van der Waals surface area contributed by atoms with Crippen LogP contribution in [0, 0.1) is 5.21 Å².